The fraction of sp³-hybridized carbons (Fsp3) is 0.167. The molecule has 4 heteroatoms. The van der Waals surface area contributed by atoms with Crippen LogP contribution in [0.15, 0.2) is 54.7 Å². The van der Waals surface area contributed by atoms with E-state index in [0.717, 1.165) is 34.6 Å². The highest BCUT2D eigenvalue weighted by Gasteiger charge is 2.06. The fourth-order valence-electron chi connectivity index (χ4n) is 2.41. The van der Waals surface area contributed by atoms with Crippen LogP contribution in [0.2, 0.25) is 0 Å². The van der Waals surface area contributed by atoms with Crippen LogP contribution in [-0.2, 0) is 6.54 Å². The number of nitrogens with one attached hydrogen (secondary N) is 1. The van der Waals surface area contributed by atoms with Gasteiger partial charge in [-0.05, 0) is 29.8 Å². The molecule has 4 nitrogen and oxygen atoms in total. The van der Waals surface area contributed by atoms with Crippen molar-refractivity contribution in [2.75, 3.05) is 19.5 Å². The van der Waals surface area contributed by atoms with Crippen LogP contribution in [0.4, 0.5) is 5.69 Å². The van der Waals surface area contributed by atoms with E-state index in [-0.39, 0.29) is 0 Å². The highest BCUT2D eigenvalue weighted by Crippen LogP contribution is 2.28. The molecule has 1 aromatic heterocycles. The van der Waals surface area contributed by atoms with Crippen LogP contribution in [-0.4, -0.2) is 19.2 Å². The lowest BCUT2D eigenvalue weighted by Gasteiger charge is -2.11. The normalized spacial score (nSPS) is 10.5. The Labute approximate surface area is 129 Å². The van der Waals surface area contributed by atoms with Gasteiger partial charge in [-0.25, -0.2) is 0 Å². The summed E-state index contributed by atoms with van der Waals surface area (Å²) in [6.07, 6.45) is 1.79. The van der Waals surface area contributed by atoms with Crippen LogP contribution in [0.25, 0.3) is 10.9 Å². The molecular weight excluding hydrogens is 276 g/mol. The van der Waals surface area contributed by atoms with Gasteiger partial charge in [0, 0.05) is 23.8 Å². The minimum Gasteiger partial charge on any atom is -0.497 e. The number of aromatic nitrogens is 1. The molecule has 0 spiro atoms. The van der Waals surface area contributed by atoms with E-state index in [1.54, 1.807) is 20.4 Å². The van der Waals surface area contributed by atoms with Crippen molar-refractivity contribution in [1.82, 2.24) is 4.98 Å². The molecule has 0 aliphatic heterocycles. The van der Waals surface area contributed by atoms with Crippen molar-refractivity contribution in [3.8, 4) is 11.5 Å². The van der Waals surface area contributed by atoms with Crippen molar-refractivity contribution < 1.29 is 9.47 Å². The molecule has 0 radical (unpaired) electrons. The summed E-state index contributed by atoms with van der Waals surface area (Å²) in [5.41, 5.74) is 3.10. The number of benzene rings is 2. The van der Waals surface area contributed by atoms with Crippen molar-refractivity contribution in [2.24, 2.45) is 0 Å². The van der Waals surface area contributed by atoms with Crippen molar-refractivity contribution >= 4 is 16.6 Å². The summed E-state index contributed by atoms with van der Waals surface area (Å²) < 4.78 is 10.5. The quantitative estimate of drug-likeness (QED) is 0.776. The molecule has 3 rings (SSSR count). The number of ether oxygens (including phenoxy) is 2. The number of nitrogens with zero attached hydrogens (tertiary/aromatic N) is 1. The highest BCUT2D eigenvalue weighted by atomic mass is 16.5. The van der Waals surface area contributed by atoms with Crippen LogP contribution in [0.1, 0.15) is 5.56 Å². The topological polar surface area (TPSA) is 43.4 Å². The van der Waals surface area contributed by atoms with Gasteiger partial charge in [-0.3, -0.25) is 4.98 Å². The van der Waals surface area contributed by atoms with E-state index in [0.29, 0.717) is 0 Å². The third-order valence-electron chi connectivity index (χ3n) is 3.60. The Morgan fingerprint density at radius 3 is 2.50 bits per heavy atom. The summed E-state index contributed by atoms with van der Waals surface area (Å²) in [6.45, 7) is 0.736. The SMILES string of the molecule is COc1ccc(CNc2ccnc3c(OC)cccc23)cc1. The number of rotatable bonds is 5. The molecule has 22 heavy (non-hydrogen) atoms. The molecule has 1 N–H and O–H groups in total. The number of methoxy groups -OCH3 is 2. The molecule has 0 saturated heterocycles. The molecule has 112 valence electrons. The van der Waals surface area contributed by atoms with Gasteiger partial charge in [0.15, 0.2) is 0 Å². The molecule has 0 atom stereocenters. The largest absolute Gasteiger partial charge is 0.497 e. The smallest absolute Gasteiger partial charge is 0.145 e. The molecule has 1 heterocycles. The highest BCUT2D eigenvalue weighted by molar-refractivity contribution is 5.94. The van der Waals surface area contributed by atoms with Gasteiger partial charge in [0.1, 0.15) is 17.0 Å². The lowest BCUT2D eigenvalue weighted by molar-refractivity contribution is 0.414. The van der Waals surface area contributed by atoms with Gasteiger partial charge in [0.25, 0.3) is 0 Å². The van der Waals surface area contributed by atoms with Crippen LogP contribution in [0.3, 0.4) is 0 Å². The zero-order valence-electron chi connectivity index (χ0n) is 12.7. The Hall–Kier alpha value is -2.75. The van der Waals surface area contributed by atoms with Gasteiger partial charge in [0.05, 0.1) is 14.2 Å². The van der Waals surface area contributed by atoms with Gasteiger partial charge >= 0.3 is 0 Å². The molecule has 0 aliphatic rings. The zero-order chi connectivity index (χ0) is 15.4. The predicted octanol–water partition coefficient (Wildman–Crippen LogP) is 3.86. The lowest BCUT2D eigenvalue weighted by Crippen LogP contribution is -2.00. The first-order valence-corrected chi connectivity index (χ1v) is 7.10. The van der Waals surface area contributed by atoms with Crippen LogP contribution in [0.5, 0.6) is 11.5 Å². The first kappa shape index (κ1) is 14.2. The third-order valence-corrected chi connectivity index (χ3v) is 3.60. The van der Waals surface area contributed by atoms with Crippen molar-refractivity contribution in [2.45, 2.75) is 6.54 Å². The standard InChI is InChI=1S/C18H18N2O2/c1-21-14-8-6-13(7-9-14)12-20-16-10-11-19-18-15(16)4-3-5-17(18)22-2/h3-11H,12H2,1-2H3,(H,19,20). The first-order valence-electron chi connectivity index (χ1n) is 7.10. The Morgan fingerprint density at radius 2 is 1.77 bits per heavy atom. The maximum Gasteiger partial charge on any atom is 0.145 e. The summed E-state index contributed by atoms with van der Waals surface area (Å²) in [5, 5.41) is 4.51. The summed E-state index contributed by atoms with van der Waals surface area (Å²) in [7, 11) is 3.33. The van der Waals surface area contributed by atoms with Crippen molar-refractivity contribution in [3.63, 3.8) is 0 Å². The van der Waals surface area contributed by atoms with E-state index in [2.05, 4.69) is 22.4 Å². The monoisotopic (exact) mass is 294 g/mol. The number of pyridine rings is 1. The summed E-state index contributed by atoms with van der Waals surface area (Å²) in [6, 6.07) is 15.9. The summed E-state index contributed by atoms with van der Waals surface area (Å²) in [5.74, 6) is 1.65. The van der Waals surface area contributed by atoms with E-state index >= 15 is 0 Å². The van der Waals surface area contributed by atoms with E-state index in [4.69, 9.17) is 9.47 Å². The Kier molecular flexibility index (Phi) is 4.10. The molecule has 0 fully saturated rings. The van der Waals surface area contributed by atoms with Crippen LogP contribution in [0, 0.1) is 0 Å². The number of fused-ring (bicyclic) bond motifs is 1. The summed E-state index contributed by atoms with van der Waals surface area (Å²) >= 11 is 0. The van der Waals surface area contributed by atoms with Gasteiger partial charge in [-0.15, -0.1) is 0 Å². The maximum atomic E-state index is 5.37. The van der Waals surface area contributed by atoms with E-state index in [9.17, 15) is 0 Å². The second kappa shape index (κ2) is 6.35. The molecule has 0 saturated carbocycles. The van der Waals surface area contributed by atoms with Crippen LogP contribution >= 0.6 is 0 Å². The average molecular weight is 294 g/mol. The molecule has 0 aliphatic carbocycles. The molecular formula is C18H18N2O2. The second-order valence-corrected chi connectivity index (χ2v) is 4.92. The van der Waals surface area contributed by atoms with Gasteiger partial charge < -0.3 is 14.8 Å². The van der Waals surface area contributed by atoms with Crippen LogP contribution < -0.4 is 14.8 Å². The number of hydrogen-bond acceptors (Lipinski definition) is 4. The van der Waals surface area contributed by atoms with Gasteiger partial charge in [-0.2, -0.15) is 0 Å². The zero-order valence-corrected chi connectivity index (χ0v) is 12.7. The Balaban J connectivity index is 1.84. The number of anilines is 1. The van der Waals surface area contributed by atoms with Crippen molar-refractivity contribution in [3.05, 3.63) is 60.3 Å². The minimum atomic E-state index is 0.736. The Morgan fingerprint density at radius 1 is 0.955 bits per heavy atom. The molecule has 0 unspecified atom stereocenters. The number of hydrogen-bond donors (Lipinski definition) is 1. The predicted molar refractivity (Wildman–Crippen MR) is 88.6 cm³/mol. The lowest BCUT2D eigenvalue weighted by atomic mass is 10.1. The number of para-hydroxylation sites is 1. The third kappa shape index (κ3) is 2.81. The molecule has 2 aromatic carbocycles. The van der Waals surface area contributed by atoms with E-state index in [1.165, 1.54) is 5.56 Å². The molecule has 0 bridgehead atoms. The molecule has 3 aromatic rings. The maximum absolute atomic E-state index is 5.37. The van der Waals surface area contributed by atoms with Gasteiger partial charge in [-0.1, -0.05) is 24.3 Å². The van der Waals surface area contributed by atoms with E-state index < -0.39 is 0 Å². The average Bonchev–Trinajstić information content (AvgIpc) is 2.59. The molecule has 0 amide bonds. The fourth-order valence-corrected chi connectivity index (χ4v) is 2.41. The first-order chi connectivity index (χ1) is 10.8. The minimum absolute atomic E-state index is 0.736. The van der Waals surface area contributed by atoms with Crippen molar-refractivity contribution in [1.29, 1.82) is 0 Å². The van der Waals surface area contributed by atoms with Gasteiger partial charge in [0.2, 0.25) is 0 Å². The van der Waals surface area contributed by atoms with E-state index in [1.807, 2.05) is 36.4 Å². The summed E-state index contributed by atoms with van der Waals surface area (Å²) in [4.78, 5) is 4.41. The Bertz CT molecular complexity index is 770. The second-order valence-electron chi connectivity index (χ2n) is 4.92.